The van der Waals surface area contributed by atoms with Gasteiger partial charge in [0.05, 0.1) is 6.61 Å². The van der Waals surface area contributed by atoms with Crippen LogP contribution in [0.1, 0.15) is 5.56 Å². The summed E-state index contributed by atoms with van der Waals surface area (Å²) >= 11 is 0. The largest absolute Gasteiger partial charge is 0.395 e. The maximum Gasteiger partial charge on any atom is 0.232 e. The van der Waals surface area contributed by atoms with Crippen LogP contribution < -0.4 is 5.32 Å². The number of aliphatic hydroxyl groups is 1. The summed E-state index contributed by atoms with van der Waals surface area (Å²) in [5, 5.41) is 11.2. The number of hydrogen-bond donors (Lipinski definition) is 2. The van der Waals surface area contributed by atoms with E-state index in [0.717, 1.165) is 5.56 Å². The van der Waals surface area contributed by atoms with Crippen LogP contribution in [-0.4, -0.2) is 33.3 Å². The van der Waals surface area contributed by atoms with Crippen LogP contribution in [0.15, 0.2) is 30.3 Å². The van der Waals surface area contributed by atoms with Crippen molar-refractivity contribution in [2.75, 3.05) is 18.1 Å². The van der Waals surface area contributed by atoms with Crippen molar-refractivity contribution in [3.63, 3.8) is 0 Å². The summed E-state index contributed by atoms with van der Waals surface area (Å²) in [5.74, 6) is -0.151. The molecule has 1 aromatic carbocycles. The summed E-state index contributed by atoms with van der Waals surface area (Å²) in [7, 11) is -1.27. The molecule has 1 rings (SSSR count). The van der Waals surface area contributed by atoms with Crippen molar-refractivity contribution in [3.05, 3.63) is 35.9 Å². The fourth-order valence-corrected chi connectivity index (χ4v) is 1.91. The van der Waals surface area contributed by atoms with Gasteiger partial charge in [0.15, 0.2) is 0 Å². The van der Waals surface area contributed by atoms with E-state index < -0.39 is 10.8 Å². The first-order chi connectivity index (χ1) is 7.72. The maximum absolute atomic E-state index is 11.3. The van der Waals surface area contributed by atoms with Crippen LogP contribution in [0.4, 0.5) is 0 Å². The van der Waals surface area contributed by atoms with Crippen LogP contribution in [0.25, 0.3) is 0 Å². The number of nitrogens with one attached hydrogen (secondary N) is 1. The Morgan fingerprint density at radius 2 is 2.00 bits per heavy atom. The fourth-order valence-electron chi connectivity index (χ4n) is 1.17. The third kappa shape index (κ3) is 5.04. The van der Waals surface area contributed by atoms with Gasteiger partial charge >= 0.3 is 0 Å². The molecule has 0 fully saturated rings. The molecule has 0 saturated carbocycles. The Balaban J connectivity index is 2.28. The summed E-state index contributed by atoms with van der Waals surface area (Å²) in [6.07, 6.45) is 0. The molecule has 1 aromatic rings. The van der Waals surface area contributed by atoms with E-state index in [9.17, 15) is 9.00 Å². The van der Waals surface area contributed by atoms with Gasteiger partial charge in [0.2, 0.25) is 5.91 Å². The van der Waals surface area contributed by atoms with Crippen molar-refractivity contribution >= 4 is 16.7 Å². The smallest absolute Gasteiger partial charge is 0.232 e. The van der Waals surface area contributed by atoms with Gasteiger partial charge in [-0.3, -0.25) is 9.00 Å². The summed E-state index contributed by atoms with van der Waals surface area (Å²) in [6, 6.07) is 9.51. The van der Waals surface area contributed by atoms with Gasteiger partial charge in [-0.2, -0.15) is 0 Å². The van der Waals surface area contributed by atoms with E-state index in [2.05, 4.69) is 5.32 Å². The molecule has 0 aliphatic heterocycles. The number of rotatable bonds is 6. The molecule has 0 aliphatic carbocycles. The first-order valence-electron chi connectivity index (χ1n) is 4.99. The van der Waals surface area contributed by atoms with E-state index in [1.807, 2.05) is 30.3 Å². The topological polar surface area (TPSA) is 66.4 Å². The molecular weight excluding hydrogens is 226 g/mol. The van der Waals surface area contributed by atoms with Crippen LogP contribution in [0.2, 0.25) is 0 Å². The zero-order chi connectivity index (χ0) is 11.8. The normalized spacial score (nSPS) is 12.1. The van der Waals surface area contributed by atoms with Gasteiger partial charge in [-0.1, -0.05) is 30.3 Å². The van der Waals surface area contributed by atoms with Crippen molar-refractivity contribution in [1.29, 1.82) is 0 Å². The molecule has 1 atom stereocenters. The SMILES string of the molecule is O=C(CS(=O)CCO)NCc1ccccc1. The van der Waals surface area contributed by atoms with Crippen molar-refractivity contribution < 1.29 is 14.1 Å². The second-order valence-corrected chi connectivity index (χ2v) is 4.85. The lowest BCUT2D eigenvalue weighted by Gasteiger charge is -2.04. The number of carbonyl (C=O) groups excluding carboxylic acids is 1. The molecule has 1 unspecified atom stereocenters. The standard InChI is InChI=1S/C11H15NO3S/c13-6-7-16(15)9-11(14)12-8-10-4-2-1-3-5-10/h1-5,13H,6-9H2,(H,12,14). The first kappa shape index (κ1) is 12.9. The minimum absolute atomic E-state index is 0.0482. The van der Waals surface area contributed by atoms with Gasteiger partial charge in [-0.05, 0) is 5.56 Å². The number of hydrogen-bond acceptors (Lipinski definition) is 3. The Morgan fingerprint density at radius 1 is 1.31 bits per heavy atom. The Labute approximate surface area is 97.1 Å². The highest BCUT2D eigenvalue weighted by atomic mass is 32.2. The van der Waals surface area contributed by atoms with Crippen molar-refractivity contribution in [2.45, 2.75) is 6.54 Å². The number of carbonyl (C=O) groups is 1. The van der Waals surface area contributed by atoms with E-state index in [-0.39, 0.29) is 24.0 Å². The van der Waals surface area contributed by atoms with Gasteiger partial charge < -0.3 is 10.4 Å². The molecule has 0 aliphatic rings. The molecule has 16 heavy (non-hydrogen) atoms. The molecule has 2 N–H and O–H groups in total. The molecule has 0 saturated heterocycles. The van der Waals surface area contributed by atoms with E-state index >= 15 is 0 Å². The predicted octanol–water partition coefficient (Wildman–Crippen LogP) is 0.0438. The zero-order valence-corrected chi connectivity index (χ0v) is 9.70. The van der Waals surface area contributed by atoms with Gasteiger partial charge in [0, 0.05) is 23.1 Å². The van der Waals surface area contributed by atoms with Crippen molar-refractivity contribution in [3.8, 4) is 0 Å². The lowest BCUT2D eigenvalue weighted by Crippen LogP contribution is -2.28. The minimum atomic E-state index is -1.27. The van der Waals surface area contributed by atoms with Crippen LogP contribution in [-0.2, 0) is 22.1 Å². The zero-order valence-electron chi connectivity index (χ0n) is 8.89. The summed E-state index contributed by atoms with van der Waals surface area (Å²) in [5.41, 5.74) is 1.00. The van der Waals surface area contributed by atoms with Crippen LogP contribution in [0.3, 0.4) is 0 Å². The minimum Gasteiger partial charge on any atom is -0.395 e. The van der Waals surface area contributed by atoms with Gasteiger partial charge in [0.1, 0.15) is 5.75 Å². The Hall–Kier alpha value is -1.20. The molecule has 0 heterocycles. The van der Waals surface area contributed by atoms with Crippen LogP contribution >= 0.6 is 0 Å². The van der Waals surface area contributed by atoms with Gasteiger partial charge in [-0.25, -0.2) is 0 Å². The molecule has 88 valence electrons. The average Bonchev–Trinajstić information content (AvgIpc) is 2.28. The van der Waals surface area contributed by atoms with Crippen LogP contribution in [0.5, 0.6) is 0 Å². The molecule has 1 amide bonds. The fraction of sp³-hybridized carbons (Fsp3) is 0.364. The molecule has 4 nitrogen and oxygen atoms in total. The highest BCUT2D eigenvalue weighted by Crippen LogP contribution is 1.97. The highest BCUT2D eigenvalue weighted by Gasteiger charge is 2.06. The molecule has 0 bridgehead atoms. The number of amides is 1. The quantitative estimate of drug-likeness (QED) is 0.739. The second-order valence-electron chi connectivity index (χ2n) is 3.27. The van der Waals surface area contributed by atoms with E-state index in [1.165, 1.54) is 0 Å². The third-order valence-electron chi connectivity index (χ3n) is 1.94. The third-order valence-corrected chi connectivity index (χ3v) is 3.17. The summed E-state index contributed by atoms with van der Waals surface area (Å²) < 4.78 is 11.2. The molecule has 0 spiro atoms. The van der Waals surface area contributed by atoms with Crippen molar-refractivity contribution in [2.24, 2.45) is 0 Å². The van der Waals surface area contributed by atoms with E-state index in [1.54, 1.807) is 0 Å². The number of benzene rings is 1. The van der Waals surface area contributed by atoms with Crippen LogP contribution in [0, 0.1) is 0 Å². The first-order valence-corrected chi connectivity index (χ1v) is 6.47. The van der Waals surface area contributed by atoms with Gasteiger partial charge in [0.25, 0.3) is 0 Å². The molecule has 5 heteroatoms. The Kier molecular flexibility index (Phi) is 5.74. The van der Waals surface area contributed by atoms with Gasteiger partial charge in [-0.15, -0.1) is 0 Å². The summed E-state index contributed by atoms with van der Waals surface area (Å²) in [4.78, 5) is 11.3. The lowest BCUT2D eigenvalue weighted by molar-refractivity contribution is -0.118. The average molecular weight is 241 g/mol. The lowest BCUT2D eigenvalue weighted by atomic mass is 10.2. The summed E-state index contributed by atoms with van der Waals surface area (Å²) in [6.45, 7) is 0.286. The Morgan fingerprint density at radius 3 is 2.62 bits per heavy atom. The predicted molar refractivity (Wildman–Crippen MR) is 63.3 cm³/mol. The molecular formula is C11H15NO3S. The molecule has 0 aromatic heterocycles. The van der Waals surface area contributed by atoms with E-state index in [4.69, 9.17) is 5.11 Å². The number of aliphatic hydroxyl groups excluding tert-OH is 1. The second kappa shape index (κ2) is 7.14. The van der Waals surface area contributed by atoms with Crippen molar-refractivity contribution in [1.82, 2.24) is 5.32 Å². The highest BCUT2D eigenvalue weighted by molar-refractivity contribution is 7.85. The van der Waals surface area contributed by atoms with E-state index in [0.29, 0.717) is 6.54 Å². The monoisotopic (exact) mass is 241 g/mol. The Bertz CT molecular complexity index is 354. The maximum atomic E-state index is 11.3. The molecule has 0 radical (unpaired) electrons.